The SMILES string of the molecule is C=C1c2nccnc2-c2cncc(C)c21. The van der Waals surface area contributed by atoms with Crippen LogP contribution in [0.4, 0.5) is 0 Å². The third-order valence-corrected chi connectivity index (χ3v) is 2.68. The molecule has 0 aromatic carbocycles. The van der Waals surface area contributed by atoms with E-state index in [0.29, 0.717) is 0 Å². The normalized spacial score (nSPS) is 12.5. The Kier molecular flexibility index (Phi) is 1.51. The topological polar surface area (TPSA) is 38.7 Å². The van der Waals surface area contributed by atoms with Gasteiger partial charge in [0.15, 0.2) is 0 Å². The molecule has 0 fully saturated rings. The molecule has 0 unspecified atom stereocenters. The first-order chi connectivity index (χ1) is 7.29. The van der Waals surface area contributed by atoms with Crippen molar-refractivity contribution >= 4 is 5.57 Å². The van der Waals surface area contributed by atoms with Crippen LogP contribution in [-0.4, -0.2) is 15.0 Å². The molecule has 15 heavy (non-hydrogen) atoms. The van der Waals surface area contributed by atoms with Crippen molar-refractivity contribution in [2.75, 3.05) is 0 Å². The fourth-order valence-electron chi connectivity index (χ4n) is 2.02. The summed E-state index contributed by atoms with van der Waals surface area (Å²) in [7, 11) is 0. The predicted octanol–water partition coefficient (Wildman–Crippen LogP) is 2.22. The van der Waals surface area contributed by atoms with Crippen LogP contribution in [0.5, 0.6) is 0 Å². The summed E-state index contributed by atoms with van der Waals surface area (Å²) in [5.74, 6) is 0. The number of hydrogen-bond donors (Lipinski definition) is 0. The van der Waals surface area contributed by atoms with E-state index in [2.05, 4.69) is 21.5 Å². The molecule has 2 aromatic rings. The standard InChI is InChI=1S/C12H9N3/c1-7-5-13-6-9-10(7)8(2)11-12(9)15-4-3-14-11/h3-6H,2H2,1H3. The van der Waals surface area contributed by atoms with E-state index in [0.717, 1.165) is 33.7 Å². The van der Waals surface area contributed by atoms with Crippen molar-refractivity contribution in [2.24, 2.45) is 0 Å². The van der Waals surface area contributed by atoms with E-state index in [9.17, 15) is 0 Å². The first-order valence-corrected chi connectivity index (χ1v) is 4.74. The summed E-state index contributed by atoms with van der Waals surface area (Å²) in [5, 5.41) is 0. The van der Waals surface area contributed by atoms with Crippen molar-refractivity contribution in [3.8, 4) is 11.3 Å². The summed E-state index contributed by atoms with van der Waals surface area (Å²) in [6.45, 7) is 6.10. The summed E-state index contributed by atoms with van der Waals surface area (Å²) in [4.78, 5) is 12.8. The van der Waals surface area contributed by atoms with Gasteiger partial charge in [-0.25, -0.2) is 0 Å². The monoisotopic (exact) mass is 195 g/mol. The first-order valence-electron chi connectivity index (χ1n) is 4.74. The summed E-state index contributed by atoms with van der Waals surface area (Å²) < 4.78 is 0. The zero-order chi connectivity index (χ0) is 10.4. The van der Waals surface area contributed by atoms with Gasteiger partial charge in [0.25, 0.3) is 0 Å². The van der Waals surface area contributed by atoms with Crippen LogP contribution >= 0.6 is 0 Å². The van der Waals surface area contributed by atoms with E-state index in [-0.39, 0.29) is 0 Å². The van der Waals surface area contributed by atoms with Crippen LogP contribution in [0.15, 0.2) is 31.4 Å². The van der Waals surface area contributed by atoms with Crippen LogP contribution in [0.3, 0.4) is 0 Å². The molecule has 1 aliphatic rings. The van der Waals surface area contributed by atoms with Crippen LogP contribution in [0.25, 0.3) is 16.8 Å². The van der Waals surface area contributed by atoms with Gasteiger partial charge in [-0.05, 0) is 18.1 Å². The van der Waals surface area contributed by atoms with Gasteiger partial charge in [-0.2, -0.15) is 0 Å². The van der Waals surface area contributed by atoms with Crippen LogP contribution in [0.2, 0.25) is 0 Å². The van der Waals surface area contributed by atoms with Crippen LogP contribution in [-0.2, 0) is 0 Å². The van der Waals surface area contributed by atoms with E-state index in [1.54, 1.807) is 12.4 Å². The Morgan fingerprint density at radius 3 is 2.60 bits per heavy atom. The Bertz CT molecular complexity index is 573. The first kappa shape index (κ1) is 8.29. The maximum Gasteiger partial charge on any atom is 0.0987 e. The molecule has 0 atom stereocenters. The fraction of sp³-hybridized carbons (Fsp3) is 0.0833. The van der Waals surface area contributed by atoms with E-state index in [4.69, 9.17) is 0 Å². The van der Waals surface area contributed by atoms with Crippen LogP contribution in [0, 0.1) is 6.92 Å². The molecule has 2 aromatic heterocycles. The molecule has 0 radical (unpaired) electrons. The Hall–Kier alpha value is -2.03. The predicted molar refractivity (Wildman–Crippen MR) is 58.1 cm³/mol. The zero-order valence-electron chi connectivity index (χ0n) is 8.36. The minimum atomic E-state index is 0.878. The Labute approximate surface area is 87.5 Å². The molecule has 0 aliphatic heterocycles. The van der Waals surface area contributed by atoms with Crippen molar-refractivity contribution in [1.82, 2.24) is 15.0 Å². The third kappa shape index (κ3) is 0.973. The van der Waals surface area contributed by atoms with Gasteiger partial charge in [0.1, 0.15) is 0 Å². The van der Waals surface area contributed by atoms with E-state index >= 15 is 0 Å². The van der Waals surface area contributed by atoms with E-state index < -0.39 is 0 Å². The van der Waals surface area contributed by atoms with Gasteiger partial charge in [-0.15, -0.1) is 0 Å². The van der Waals surface area contributed by atoms with Gasteiger partial charge < -0.3 is 0 Å². The molecule has 2 heterocycles. The molecular formula is C12H9N3. The second kappa shape index (κ2) is 2.73. The molecule has 3 rings (SSSR count). The maximum absolute atomic E-state index is 4.33. The summed E-state index contributed by atoms with van der Waals surface area (Å²) in [6, 6.07) is 0. The smallest absolute Gasteiger partial charge is 0.0987 e. The van der Waals surface area contributed by atoms with Gasteiger partial charge in [0.2, 0.25) is 0 Å². The highest BCUT2D eigenvalue weighted by molar-refractivity contribution is 5.97. The van der Waals surface area contributed by atoms with Crippen molar-refractivity contribution < 1.29 is 0 Å². The van der Waals surface area contributed by atoms with Gasteiger partial charge in [0.05, 0.1) is 11.4 Å². The average molecular weight is 195 g/mol. The Balaban J connectivity index is 2.43. The highest BCUT2D eigenvalue weighted by atomic mass is 14.8. The minimum Gasteiger partial charge on any atom is -0.264 e. The zero-order valence-corrected chi connectivity index (χ0v) is 8.36. The number of aryl methyl sites for hydroxylation is 1. The largest absolute Gasteiger partial charge is 0.264 e. The second-order valence-electron chi connectivity index (χ2n) is 3.61. The lowest BCUT2D eigenvalue weighted by Crippen LogP contribution is -1.86. The Morgan fingerprint density at radius 2 is 1.80 bits per heavy atom. The summed E-state index contributed by atoms with van der Waals surface area (Å²) >= 11 is 0. The lowest BCUT2D eigenvalue weighted by molar-refractivity contribution is 1.19. The van der Waals surface area contributed by atoms with Gasteiger partial charge in [0, 0.05) is 35.9 Å². The summed E-state index contributed by atoms with van der Waals surface area (Å²) in [6.07, 6.45) is 7.06. The average Bonchev–Trinajstić information content (AvgIpc) is 2.55. The quantitative estimate of drug-likeness (QED) is 0.552. The van der Waals surface area contributed by atoms with Crippen LogP contribution < -0.4 is 0 Å². The van der Waals surface area contributed by atoms with Crippen molar-refractivity contribution in [3.05, 3.63) is 48.2 Å². The molecule has 0 N–H and O–H groups in total. The molecule has 0 amide bonds. The molecule has 0 bridgehead atoms. The number of pyridine rings is 1. The molecule has 0 spiro atoms. The number of hydrogen-bond acceptors (Lipinski definition) is 3. The molecule has 72 valence electrons. The highest BCUT2D eigenvalue weighted by Crippen LogP contribution is 2.41. The second-order valence-corrected chi connectivity index (χ2v) is 3.61. The molecule has 1 aliphatic carbocycles. The Morgan fingerprint density at radius 1 is 1.07 bits per heavy atom. The molecule has 0 saturated heterocycles. The number of aromatic nitrogens is 3. The van der Waals surface area contributed by atoms with E-state index in [1.165, 1.54) is 0 Å². The maximum atomic E-state index is 4.33. The molecule has 0 saturated carbocycles. The fourth-order valence-corrected chi connectivity index (χ4v) is 2.02. The molecular weight excluding hydrogens is 186 g/mol. The number of rotatable bonds is 0. The third-order valence-electron chi connectivity index (χ3n) is 2.68. The lowest BCUT2D eigenvalue weighted by Gasteiger charge is -2.01. The molecule has 3 nitrogen and oxygen atoms in total. The van der Waals surface area contributed by atoms with Crippen molar-refractivity contribution in [3.63, 3.8) is 0 Å². The van der Waals surface area contributed by atoms with Gasteiger partial charge in [-0.1, -0.05) is 6.58 Å². The number of nitrogens with zero attached hydrogens (tertiary/aromatic N) is 3. The van der Waals surface area contributed by atoms with Crippen LogP contribution in [0.1, 0.15) is 16.8 Å². The van der Waals surface area contributed by atoms with Crippen molar-refractivity contribution in [1.29, 1.82) is 0 Å². The molecule has 3 heteroatoms. The lowest BCUT2D eigenvalue weighted by atomic mass is 10.0. The minimum absolute atomic E-state index is 0.878. The highest BCUT2D eigenvalue weighted by Gasteiger charge is 2.25. The van der Waals surface area contributed by atoms with E-state index in [1.807, 2.05) is 19.3 Å². The summed E-state index contributed by atoms with van der Waals surface area (Å²) in [5.41, 5.74) is 6.02. The van der Waals surface area contributed by atoms with Crippen molar-refractivity contribution in [2.45, 2.75) is 6.92 Å². The van der Waals surface area contributed by atoms with Gasteiger partial charge in [-0.3, -0.25) is 15.0 Å². The van der Waals surface area contributed by atoms with Gasteiger partial charge >= 0.3 is 0 Å². The number of fused-ring (bicyclic) bond motifs is 3.